The van der Waals surface area contributed by atoms with Crippen LogP contribution in [0.15, 0.2) is 58.2 Å². The fourth-order valence-corrected chi connectivity index (χ4v) is 3.44. The van der Waals surface area contributed by atoms with Gasteiger partial charge in [-0.2, -0.15) is 0 Å². The number of carbonyl (C=O) groups is 3. The highest BCUT2D eigenvalue weighted by molar-refractivity contribution is 6.03. The van der Waals surface area contributed by atoms with Crippen LogP contribution in [0.1, 0.15) is 113 Å². The quantitative estimate of drug-likeness (QED) is 0.185. The van der Waals surface area contributed by atoms with Crippen molar-refractivity contribution in [1.29, 1.82) is 0 Å². The topological polar surface area (TPSA) is 63.2 Å². The molecule has 0 aliphatic carbocycles. The van der Waals surface area contributed by atoms with Crippen molar-refractivity contribution in [3.63, 3.8) is 0 Å². The molecular formula is C30H47NO3. The molecule has 0 aliphatic rings. The highest BCUT2D eigenvalue weighted by atomic mass is 16.2. The Kier molecular flexibility index (Phi) is 17.5. The number of carbonyl (C=O) groups excluding carboxylic acids is 3. The molecule has 4 heteroatoms. The number of allylic oxidation sites excluding steroid dienone is 9. The Morgan fingerprint density at radius 2 is 0.824 bits per heavy atom. The summed E-state index contributed by atoms with van der Waals surface area (Å²) in [6.07, 6.45) is 20.7. The summed E-state index contributed by atoms with van der Waals surface area (Å²) in [6, 6.07) is 0. The first-order chi connectivity index (χ1) is 16.0. The van der Waals surface area contributed by atoms with E-state index in [-0.39, 0.29) is 17.6 Å². The van der Waals surface area contributed by atoms with Crippen LogP contribution in [0.4, 0.5) is 0 Å². The van der Waals surface area contributed by atoms with Gasteiger partial charge in [0, 0.05) is 18.9 Å². The van der Waals surface area contributed by atoms with Gasteiger partial charge in [-0.05, 0) is 99.3 Å². The SMILES string of the molecule is CC(=O)CCC=C(C)CCC=C(C)CCC=C(C)CCC=C(C)CCC=C(C)C(=O)NC(C)=O. The van der Waals surface area contributed by atoms with E-state index in [0.29, 0.717) is 12.0 Å². The van der Waals surface area contributed by atoms with Gasteiger partial charge in [0.05, 0.1) is 0 Å². The van der Waals surface area contributed by atoms with Crippen molar-refractivity contribution in [3.8, 4) is 0 Å². The number of amides is 2. The minimum absolute atomic E-state index is 0.257. The number of hydrogen-bond acceptors (Lipinski definition) is 3. The van der Waals surface area contributed by atoms with Crippen molar-refractivity contribution < 1.29 is 14.4 Å². The lowest BCUT2D eigenvalue weighted by Crippen LogP contribution is -2.28. The van der Waals surface area contributed by atoms with Crippen LogP contribution >= 0.6 is 0 Å². The Morgan fingerprint density at radius 1 is 0.500 bits per heavy atom. The third-order valence-electron chi connectivity index (χ3n) is 5.72. The average Bonchev–Trinajstić information content (AvgIpc) is 2.72. The number of rotatable bonds is 16. The molecule has 0 unspecified atom stereocenters. The molecule has 0 fully saturated rings. The maximum atomic E-state index is 11.7. The lowest BCUT2D eigenvalue weighted by atomic mass is 10.0. The molecule has 0 aromatic heterocycles. The molecule has 0 rings (SSSR count). The largest absolute Gasteiger partial charge is 0.300 e. The molecule has 0 saturated heterocycles. The number of nitrogens with one attached hydrogen (secondary N) is 1. The highest BCUT2D eigenvalue weighted by Crippen LogP contribution is 2.15. The molecule has 190 valence electrons. The van der Waals surface area contributed by atoms with Crippen LogP contribution in [0.5, 0.6) is 0 Å². The molecule has 34 heavy (non-hydrogen) atoms. The predicted molar refractivity (Wildman–Crippen MR) is 144 cm³/mol. The Hall–Kier alpha value is -2.49. The second-order valence-corrected chi connectivity index (χ2v) is 9.49. The number of Topliss-reactive ketones (excluding diaryl/α,β-unsaturated/α-hetero) is 1. The second kappa shape index (κ2) is 18.9. The van der Waals surface area contributed by atoms with Crippen LogP contribution in [-0.4, -0.2) is 17.6 Å². The summed E-state index contributed by atoms with van der Waals surface area (Å²) in [5.41, 5.74) is 6.15. The van der Waals surface area contributed by atoms with Crippen molar-refractivity contribution in [2.75, 3.05) is 0 Å². The molecule has 2 amide bonds. The molecular weight excluding hydrogens is 422 g/mol. The van der Waals surface area contributed by atoms with E-state index < -0.39 is 0 Å². The van der Waals surface area contributed by atoms with Crippen LogP contribution in [-0.2, 0) is 14.4 Å². The van der Waals surface area contributed by atoms with Gasteiger partial charge in [-0.15, -0.1) is 0 Å². The molecule has 0 spiro atoms. The van der Waals surface area contributed by atoms with Gasteiger partial charge in [0.15, 0.2) is 0 Å². The van der Waals surface area contributed by atoms with Crippen molar-refractivity contribution in [2.45, 2.75) is 113 Å². The first-order valence-corrected chi connectivity index (χ1v) is 12.6. The summed E-state index contributed by atoms with van der Waals surface area (Å²) in [5, 5.41) is 2.29. The standard InChI is InChI=1S/C30H47NO3/c1-23(13-8-14-24(2)16-10-18-26(4)20-12-22-28(6)32)15-9-17-25(3)19-11-21-27(5)30(34)31-29(7)33/h13,16-17,20-21H,8-12,14-15,18-19,22H2,1-7H3,(H,31,33,34). The van der Waals surface area contributed by atoms with E-state index in [9.17, 15) is 14.4 Å². The average molecular weight is 470 g/mol. The maximum absolute atomic E-state index is 11.7. The molecule has 0 aromatic rings. The van der Waals surface area contributed by atoms with Crippen LogP contribution in [0.3, 0.4) is 0 Å². The lowest BCUT2D eigenvalue weighted by molar-refractivity contribution is -0.127. The van der Waals surface area contributed by atoms with Crippen molar-refractivity contribution >= 4 is 17.6 Å². The minimum Gasteiger partial charge on any atom is -0.300 e. The van der Waals surface area contributed by atoms with E-state index >= 15 is 0 Å². The van der Waals surface area contributed by atoms with E-state index in [4.69, 9.17) is 0 Å². The zero-order valence-corrected chi connectivity index (χ0v) is 22.7. The predicted octanol–water partition coefficient (Wildman–Crippen LogP) is 7.87. The van der Waals surface area contributed by atoms with Gasteiger partial charge in [-0.3, -0.25) is 14.9 Å². The van der Waals surface area contributed by atoms with Gasteiger partial charge in [-0.1, -0.05) is 52.7 Å². The van der Waals surface area contributed by atoms with Crippen LogP contribution in [0, 0.1) is 0 Å². The summed E-state index contributed by atoms with van der Waals surface area (Å²) >= 11 is 0. The van der Waals surface area contributed by atoms with E-state index in [2.05, 4.69) is 57.3 Å². The van der Waals surface area contributed by atoms with Gasteiger partial charge in [0.1, 0.15) is 5.78 Å². The first-order valence-electron chi connectivity index (χ1n) is 12.6. The summed E-state index contributed by atoms with van der Waals surface area (Å²) in [7, 11) is 0. The van der Waals surface area contributed by atoms with Crippen molar-refractivity contribution in [1.82, 2.24) is 5.32 Å². The van der Waals surface area contributed by atoms with E-state index in [1.54, 1.807) is 13.8 Å². The first kappa shape index (κ1) is 31.5. The van der Waals surface area contributed by atoms with Gasteiger partial charge in [-0.25, -0.2) is 0 Å². The van der Waals surface area contributed by atoms with E-state index in [1.807, 2.05) is 6.08 Å². The Bertz CT molecular complexity index is 822. The van der Waals surface area contributed by atoms with Crippen LogP contribution < -0.4 is 5.32 Å². The Labute approximate surface area is 208 Å². The molecule has 0 radical (unpaired) electrons. The lowest BCUT2D eigenvalue weighted by Gasteiger charge is -2.04. The smallest absolute Gasteiger partial charge is 0.253 e. The monoisotopic (exact) mass is 469 g/mol. The summed E-state index contributed by atoms with van der Waals surface area (Å²) in [6.45, 7) is 13.4. The van der Waals surface area contributed by atoms with Gasteiger partial charge in [0.2, 0.25) is 5.91 Å². The zero-order valence-electron chi connectivity index (χ0n) is 22.7. The summed E-state index contributed by atoms with van der Waals surface area (Å²) in [5.74, 6) is -0.384. The molecule has 0 bridgehead atoms. The zero-order chi connectivity index (χ0) is 25.9. The number of ketones is 1. The second-order valence-electron chi connectivity index (χ2n) is 9.49. The van der Waals surface area contributed by atoms with E-state index in [1.165, 1.54) is 29.2 Å². The summed E-state index contributed by atoms with van der Waals surface area (Å²) < 4.78 is 0. The van der Waals surface area contributed by atoms with Gasteiger partial charge < -0.3 is 4.79 Å². The molecule has 4 nitrogen and oxygen atoms in total. The molecule has 0 atom stereocenters. The molecule has 0 aliphatic heterocycles. The highest BCUT2D eigenvalue weighted by Gasteiger charge is 2.04. The fraction of sp³-hybridized carbons (Fsp3) is 0.567. The van der Waals surface area contributed by atoms with Gasteiger partial charge in [0.25, 0.3) is 5.91 Å². The third kappa shape index (κ3) is 19.0. The van der Waals surface area contributed by atoms with Gasteiger partial charge >= 0.3 is 0 Å². The van der Waals surface area contributed by atoms with Crippen LogP contribution in [0.25, 0.3) is 0 Å². The Morgan fingerprint density at radius 3 is 1.15 bits per heavy atom. The van der Waals surface area contributed by atoms with Crippen LogP contribution in [0.2, 0.25) is 0 Å². The molecule has 0 heterocycles. The number of imide groups is 1. The summed E-state index contributed by atoms with van der Waals surface area (Å²) in [4.78, 5) is 33.6. The maximum Gasteiger partial charge on any atom is 0.253 e. The normalized spacial score (nSPS) is 13.8. The molecule has 0 aromatic carbocycles. The van der Waals surface area contributed by atoms with E-state index in [0.717, 1.165) is 57.8 Å². The fourth-order valence-electron chi connectivity index (χ4n) is 3.44. The third-order valence-corrected chi connectivity index (χ3v) is 5.72. The Balaban J connectivity index is 4.20. The van der Waals surface area contributed by atoms with Crippen molar-refractivity contribution in [3.05, 3.63) is 58.2 Å². The number of hydrogen-bond donors (Lipinski definition) is 1. The molecule has 1 N–H and O–H groups in total. The minimum atomic E-state index is -0.329. The van der Waals surface area contributed by atoms with Crippen molar-refractivity contribution in [2.24, 2.45) is 0 Å². The molecule has 0 saturated carbocycles.